The van der Waals surface area contributed by atoms with E-state index in [1.807, 2.05) is 0 Å². The topological polar surface area (TPSA) is 43.4 Å². The number of sulfone groups is 1. The summed E-state index contributed by atoms with van der Waals surface area (Å²) in [5, 5.41) is 0. The summed E-state index contributed by atoms with van der Waals surface area (Å²) in [6.45, 7) is 2.42. The maximum absolute atomic E-state index is 14.5. The first kappa shape index (κ1) is 19.0. The van der Waals surface area contributed by atoms with Crippen molar-refractivity contribution in [1.29, 1.82) is 0 Å². The van der Waals surface area contributed by atoms with Crippen molar-refractivity contribution < 1.29 is 21.9 Å². The Morgan fingerprint density at radius 1 is 1.04 bits per heavy atom. The molecule has 1 heterocycles. The van der Waals surface area contributed by atoms with E-state index in [-0.39, 0.29) is 36.5 Å². The molecule has 1 saturated heterocycles. The van der Waals surface area contributed by atoms with E-state index in [1.165, 1.54) is 0 Å². The molecule has 0 aliphatic carbocycles. The lowest BCUT2D eigenvalue weighted by Crippen LogP contribution is -2.42. The molecule has 0 unspecified atom stereocenters. The molecule has 0 spiro atoms. The molecule has 140 valence electrons. The minimum absolute atomic E-state index is 0.0897. The lowest BCUT2D eigenvalue weighted by atomic mass is 9.90. The summed E-state index contributed by atoms with van der Waals surface area (Å²) in [4.78, 5) is 0.128. The standard InChI is InChI=1S/C20H22F2O3S/c1-2-3-15-4-7-17(8-5-15)26(23,24)20(10-12-25-13-11-20)18-14-16(21)6-9-19(18)22/h4-9,14H,2-3,10-13H2,1H3. The molecule has 0 bridgehead atoms. The lowest BCUT2D eigenvalue weighted by molar-refractivity contribution is 0.0730. The Bertz CT molecular complexity index is 870. The van der Waals surface area contributed by atoms with Crippen LogP contribution in [0.4, 0.5) is 8.78 Å². The Balaban J connectivity index is 2.13. The Morgan fingerprint density at radius 3 is 2.31 bits per heavy atom. The van der Waals surface area contributed by atoms with Crippen molar-refractivity contribution in [2.45, 2.75) is 42.2 Å². The molecule has 1 aliphatic heterocycles. The van der Waals surface area contributed by atoms with E-state index in [0.717, 1.165) is 36.6 Å². The monoisotopic (exact) mass is 380 g/mol. The molecule has 3 nitrogen and oxygen atoms in total. The summed E-state index contributed by atoms with van der Waals surface area (Å²) in [7, 11) is -3.93. The second-order valence-electron chi connectivity index (χ2n) is 6.63. The molecule has 6 heteroatoms. The molecule has 1 aliphatic rings. The zero-order valence-electron chi connectivity index (χ0n) is 14.7. The highest BCUT2D eigenvalue weighted by molar-refractivity contribution is 7.92. The van der Waals surface area contributed by atoms with E-state index >= 15 is 0 Å². The van der Waals surface area contributed by atoms with Crippen molar-refractivity contribution in [3.05, 3.63) is 65.2 Å². The minimum Gasteiger partial charge on any atom is -0.381 e. The van der Waals surface area contributed by atoms with Gasteiger partial charge in [0.25, 0.3) is 0 Å². The van der Waals surface area contributed by atoms with Gasteiger partial charge in [0.2, 0.25) is 0 Å². The highest BCUT2D eigenvalue weighted by Gasteiger charge is 2.49. The minimum atomic E-state index is -3.93. The third kappa shape index (κ3) is 3.28. The second kappa shape index (κ2) is 7.45. The van der Waals surface area contributed by atoms with Gasteiger partial charge in [0, 0.05) is 18.8 Å². The fraction of sp³-hybridized carbons (Fsp3) is 0.400. The van der Waals surface area contributed by atoms with E-state index in [4.69, 9.17) is 4.74 Å². The number of hydrogen-bond donors (Lipinski definition) is 0. The Kier molecular flexibility index (Phi) is 5.44. The van der Waals surface area contributed by atoms with Crippen LogP contribution in [0, 0.1) is 11.6 Å². The quantitative estimate of drug-likeness (QED) is 0.772. The molecule has 0 aromatic heterocycles. The Labute approximate surface area is 152 Å². The average molecular weight is 380 g/mol. The first-order valence-corrected chi connectivity index (χ1v) is 10.3. The van der Waals surface area contributed by atoms with Gasteiger partial charge in [0.15, 0.2) is 9.84 Å². The number of rotatable bonds is 5. The van der Waals surface area contributed by atoms with Crippen molar-refractivity contribution in [2.24, 2.45) is 0 Å². The largest absolute Gasteiger partial charge is 0.381 e. The van der Waals surface area contributed by atoms with Crippen LogP contribution in [0.25, 0.3) is 0 Å². The predicted molar refractivity (Wildman–Crippen MR) is 95.7 cm³/mol. The van der Waals surface area contributed by atoms with Crippen LogP contribution in [-0.2, 0) is 25.7 Å². The molecule has 1 fully saturated rings. The predicted octanol–water partition coefficient (Wildman–Crippen LogP) is 4.40. The van der Waals surface area contributed by atoms with Crippen LogP contribution in [0.2, 0.25) is 0 Å². The molecular formula is C20H22F2O3S. The summed E-state index contributed by atoms with van der Waals surface area (Å²) < 4.78 is 59.1. The van der Waals surface area contributed by atoms with Gasteiger partial charge in [-0.2, -0.15) is 0 Å². The number of aryl methyl sites for hydroxylation is 1. The summed E-state index contributed by atoms with van der Waals surface area (Å²) in [6, 6.07) is 9.68. The van der Waals surface area contributed by atoms with Gasteiger partial charge in [-0.25, -0.2) is 17.2 Å². The Morgan fingerprint density at radius 2 is 1.69 bits per heavy atom. The average Bonchev–Trinajstić information content (AvgIpc) is 2.65. The summed E-state index contributed by atoms with van der Waals surface area (Å²) in [5.74, 6) is -1.36. The summed E-state index contributed by atoms with van der Waals surface area (Å²) in [6.07, 6.45) is 2.00. The molecule has 0 radical (unpaired) electrons. The summed E-state index contributed by atoms with van der Waals surface area (Å²) >= 11 is 0. The molecular weight excluding hydrogens is 358 g/mol. The maximum Gasteiger partial charge on any atom is 0.188 e. The van der Waals surface area contributed by atoms with E-state index in [1.54, 1.807) is 24.3 Å². The van der Waals surface area contributed by atoms with Crippen molar-refractivity contribution in [3.8, 4) is 0 Å². The van der Waals surface area contributed by atoms with Gasteiger partial charge in [0.1, 0.15) is 16.4 Å². The highest BCUT2D eigenvalue weighted by atomic mass is 32.2. The van der Waals surface area contributed by atoms with E-state index in [2.05, 4.69) is 6.92 Å². The van der Waals surface area contributed by atoms with Gasteiger partial charge < -0.3 is 4.74 Å². The Hall–Kier alpha value is -1.79. The first-order chi connectivity index (χ1) is 12.4. The smallest absolute Gasteiger partial charge is 0.188 e. The number of ether oxygens (including phenoxy) is 1. The van der Waals surface area contributed by atoms with Crippen LogP contribution in [-0.4, -0.2) is 21.6 Å². The van der Waals surface area contributed by atoms with Crippen LogP contribution in [0.1, 0.15) is 37.3 Å². The number of halogens is 2. The molecule has 0 saturated carbocycles. The summed E-state index contributed by atoms with van der Waals surface area (Å²) in [5.41, 5.74) is 0.933. The lowest BCUT2D eigenvalue weighted by Gasteiger charge is -2.37. The zero-order valence-corrected chi connectivity index (χ0v) is 15.5. The van der Waals surface area contributed by atoms with Gasteiger partial charge in [-0.1, -0.05) is 25.5 Å². The number of benzene rings is 2. The van der Waals surface area contributed by atoms with Crippen LogP contribution in [0.3, 0.4) is 0 Å². The normalized spacial score (nSPS) is 17.2. The van der Waals surface area contributed by atoms with Gasteiger partial charge in [-0.3, -0.25) is 0 Å². The molecule has 2 aromatic rings. The van der Waals surface area contributed by atoms with Crippen LogP contribution in [0.5, 0.6) is 0 Å². The van der Waals surface area contributed by atoms with Crippen molar-refractivity contribution in [1.82, 2.24) is 0 Å². The SMILES string of the molecule is CCCc1ccc(S(=O)(=O)C2(c3cc(F)ccc3F)CCOCC2)cc1. The van der Waals surface area contributed by atoms with Crippen molar-refractivity contribution in [3.63, 3.8) is 0 Å². The molecule has 0 N–H and O–H groups in total. The van der Waals surface area contributed by atoms with Gasteiger partial charge >= 0.3 is 0 Å². The van der Waals surface area contributed by atoms with Gasteiger partial charge in [-0.05, 0) is 55.2 Å². The van der Waals surface area contributed by atoms with Crippen LogP contribution < -0.4 is 0 Å². The molecule has 0 amide bonds. The van der Waals surface area contributed by atoms with Gasteiger partial charge in [0.05, 0.1) is 4.90 Å². The first-order valence-electron chi connectivity index (χ1n) is 8.77. The van der Waals surface area contributed by atoms with Crippen molar-refractivity contribution in [2.75, 3.05) is 13.2 Å². The van der Waals surface area contributed by atoms with Crippen LogP contribution >= 0.6 is 0 Å². The fourth-order valence-corrected chi connectivity index (χ4v) is 5.68. The second-order valence-corrected chi connectivity index (χ2v) is 8.89. The third-order valence-corrected chi connectivity index (χ3v) is 7.56. The van der Waals surface area contributed by atoms with Crippen LogP contribution in [0.15, 0.2) is 47.4 Å². The third-order valence-electron chi connectivity index (χ3n) is 5.01. The van der Waals surface area contributed by atoms with E-state index in [0.29, 0.717) is 0 Å². The highest BCUT2D eigenvalue weighted by Crippen LogP contribution is 2.44. The number of hydrogen-bond acceptors (Lipinski definition) is 3. The molecule has 3 rings (SSSR count). The zero-order chi connectivity index (χ0) is 18.8. The fourth-order valence-electron chi connectivity index (χ4n) is 3.58. The van der Waals surface area contributed by atoms with Gasteiger partial charge in [-0.15, -0.1) is 0 Å². The van der Waals surface area contributed by atoms with E-state index < -0.39 is 26.2 Å². The maximum atomic E-state index is 14.5. The molecule has 0 atom stereocenters. The molecule has 26 heavy (non-hydrogen) atoms. The molecule has 2 aromatic carbocycles. The van der Waals surface area contributed by atoms with Crippen molar-refractivity contribution >= 4 is 9.84 Å². The van der Waals surface area contributed by atoms with E-state index in [9.17, 15) is 17.2 Å².